The molecule has 0 aliphatic heterocycles. The summed E-state index contributed by atoms with van der Waals surface area (Å²) in [6.45, 7) is 0.421. The Kier molecular flexibility index (Phi) is 7.77. The van der Waals surface area contributed by atoms with Crippen molar-refractivity contribution in [1.29, 1.82) is 0 Å². The molecule has 0 saturated heterocycles. The molecule has 0 spiro atoms. The molecule has 7 heteroatoms. The standard InChI is InChI=1S/C24H23Cl2NO4/c1-30-19-5-3-4-17(14-19)8-11-22-20(25)15-21(26)23(28)27(22)13-12-16-6-9-18(10-7-16)24(29)31-2/h3-7,9-10,14-15H,8,11-13H2,1-2H3. The minimum atomic E-state index is -0.385. The number of hydrogen-bond acceptors (Lipinski definition) is 4. The number of hydrogen-bond donors (Lipinski definition) is 0. The molecule has 3 rings (SSSR count). The first-order chi connectivity index (χ1) is 14.9. The molecule has 0 saturated carbocycles. The Hall–Kier alpha value is -2.76. The Morgan fingerprint density at radius 1 is 0.903 bits per heavy atom. The van der Waals surface area contributed by atoms with E-state index in [1.807, 2.05) is 36.4 Å². The first-order valence-electron chi connectivity index (χ1n) is 9.81. The van der Waals surface area contributed by atoms with Gasteiger partial charge in [0.1, 0.15) is 10.8 Å². The number of aryl methyl sites for hydroxylation is 2. The van der Waals surface area contributed by atoms with Crippen LogP contribution in [0.1, 0.15) is 27.2 Å². The average Bonchev–Trinajstić information content (AvgIpc) is 2.79. The van der Waals surface area contributed by atoms with Crippen molar-refractivity contribution >= 4 is 29.2 Å². The molecule has 3 aromatic rings. The van der Waals surface area contributed by atoms with Gasteiger partial charge in [0.15, 0.2) is 0 Å². The molecule has 0 bridgehead atoms. The Bertz CT molecular complexity index is 1120. The molecule has 0 radical (unpaired) electrons. The van der Waals surface area contributed by atoms with Gasteiger partial charge in [0.05, 0.1) is 24.8 Å². The topological polar surface area (TPSA) is 57.5 Å². The fourth-order valence-corrected chi connectivity index (χ4v) is 3.96. The fourth-order valence-electron chi connectivity index (χ4n) is 3.38. The van der Waals surface area contributed by atoms with Gasteiger partial charge in [-0.15, -0.1) is 0 Å². The monoisotopic (exact) mass is 459 g/mol. The maximum Gasteiger partial charge on any atom is 0.337 e. The number of rotatable bonds is 8. The maximum absolute atomic E-state index is 12.7. The Balaban J connectivity index is 1.80. The lowest BCUT2D eigenvalue weighted by molar-refractivity contribution is 0.0600. The molecule has 0 aliphatic carbocycles. The number of halogens is 2. The minimum absolute atomic E-state index is 0.0937. The Morgan fingerprint density at radius 2 is 1.65 bits per heavy atom. The second-order valence-electron chi connectivity index (χ2n) is 7.03. The Morgan fingerprint density at radius 3 is 2.32 bits per heavy atom. The zero-order valence-electron chi connectivity index (χ0n) is 17.4. The van der Waals surface area contributed by atoms with Crippen LogP contribution in [0.15, 0.2) is 59.4 Å². The second kappa shape index (κ2) is 10.5. The molecule has 162 valence electrons. The van der Waals surface area contributed by atoms with Crippen molar-refractivity contribution in [1.82, 2.24) is 4.57 Å². The smallest absolute Gasteiger partial charge is 0.337 e. The van der Waals surface area contributed by atoms with Gasteiger partial charge < -0.3 is 14.0 Å². The van der Waals surface area contributed by atoms with Gasteiger partial charge in [-0.05, 0) is 60.7 Å². The van der Waals surface area contributed by atoms with Gasteiger partial charge in [0.25, 0.3) is 5.56 Å². The predicted molar refractivity (Wildman–Crippen MR) is 123 cm³/mol. The average molecular weight is 460 g/mol. The van der Waals surface area contributed by atoms with Gasteiger partial charge in [-0.2, -0.15) is 0 Å². The van der Waals surface area contributed by atoms with Crippen LogP contribution in [0.2, 0.25) is 10.0 Å². The highest BCUT2D eigenvalue weighted by atomic mass is 35.5. The first kappa shape index (κ1) is 22.9. The van der Waals surface area contributed by atoms with Crippen LogP contribution in [-0.4, -0.2) is 24.8 Å². The molecule has 5 nitrogen and oxygen atoms in total. The van der Waals surface area contributed by atoms with Crippen LogP contribution < -0.4 is 10.3 Å². The Labute approximate surface area is 191 Å². The van der Waals surface area contributed by atoms with E-state index in [9.17, 15) is 9.59 Å². The van der Waals surface area contributed by atoms with E-state index in [-0.39, 0.29) is 16.6 Å². The molecule has 31 heavy (non-hydrogen) atoms. The number of esters is 1. The number of carbonyl (C=O) groups is 1. The molecule has 0 atom stereocenters. The van der Waals surface area contributed by atoms with E-state index in [1.165, 1.54) is 13.2 Å². The second-order valence-corrected chi connectivity index (χ2v) is 7.85. The van der Waals surface area contributed by atoms with Crippen molar-refractivity contribution in [3.8, 4) is 5.75 Å². The lowest BCUT2D eigenvalue weighted by atomic mass is 10.1. The van der Waals surface area contributed by atoms with Gasteiger partial charge in [-0.1, -0.05) is 47.5 Å². The highest BCUT2D eigenvalue weighted by Gasteiger charge is 2.14. The molecule has 0 aliphatic rings. The molecule has 0 amide bonds. The predicted octanol–water partition coefficient (Wildman–Crippen LogP) is 4.98. The molecule has 1 aromatic heterocycles. The number of methoxy groups -OCH3 is 2. The first-order valence-corrected chi connectivity index (χ1v) is 10.6. The highest BCUT2D eigenvalue weighted by Crippen LogP contribution is 2.22. The largest absolute Gasteiger partial charge is 0.497 e. The SMILES string of the molecule is COC(=O)c1ccc(CCn2c(CCc3cccc(OC)c3)c(Cl)cc(Cl)c2=O)cc1. The minimum Gasteiger partial charge on any atom is -0.497 e. The van der Waals surface area contributed by atoms with Crippen molar-refractivity contribution in [2.75, 3.05) is 14.2 Å². The van der Waals surface area contributed by atoms with Crippen molar-refractivity contribution < 1.29 is 14.3 Å². The summed E-state index contributed by atoms with van der Waals surface area (Å²) in [6, 6.07) is 16.4. The van der Waals surface area contributed by atoms with E-state index in [0.29, 0.717) is 36.4 Å². The number of benzene rings is 2. The lowest BCUT2D eigenvalue weighted by Crippen LogP contribution is -2.25. The zero-order chi connectivity index (χ0) is 22.4. The van der Waals surface area contributed by atoms with Crippen LogP contribution in [0.3, 0.4) is 0 Å². The maximum atomic E-state index is 12.7. The van der Waals surface area contributed by atoms with Gasteiger partial charge in [0.2, 0.25) is 0 Å². The fraction of sp³-hybridized carbons (Fsp3) is 0.250. The van der Waals surface area contributed by atoms with Crippen LogP contribution in [-0.2, 0) is 30.5 Å². The van der Waals surface area contributed by atoms with Crippen LogP contribution in [0, 0.1) is 0 Å². The molecule has 0 N–H and O–H groups in total. The number of nitrogens with zero attached hydrogens (tertiary/aromatic N) is 1. The summed E-state index contributed by atoms with van der Waals surface area (Å²) in [5.74, 6) is 0.400. The third-order valence-electron chi connectivity index (χ3n) is 5.09. The van der Waals surface area contributed by atoms with Gasteiger partial charge >= 0.3 is 5.97 Å². The lowest BCUT2D eigenvalue weighted by Gasteiger charge is -2.16. The normalized spacial score (nSPS) is 10.7. The summed E-state index contributed by atoms with van der Waals surface area (Å²) in [5.41, 5.74) is 3.02. The molecule has 0 fully saturated rings. The number of aromatic nitrogens is 1. The summed E-state index contributed by atoms with van der Waals surface area (Å²) in [7, 11) is 2.98. The van der Waals surface area contributed by atoms with Crippen molar-refractivity contribution in [3.05, 3.63) is 97.4 Å². The van der Waals surface area contributed by atoms with E-state index < -0.39 is 0 Å². The van der Waals surface area contributed by atoms with Gasteiger partial charge in [-0.25, -0.2) is 4.79 Å². The molecule has 2 aromatic carbocycles. The van der Waals surface area contributed by atoms with Crippen molar-refractivity contribution in [2.24, 2.45) is 0 Å². The van der Waals surface area contributed by atoms with E-state index in [4.69, 9.17) is 32.7 Å². The third-order valence-corrected chi connectivity index (χ3v) is 5.69. The summed E-state index contributed by atoms with van der Waals surface area (Å²) < 4.78 is 11.6. The van der Waals surface area contributed by atoms with Crippen molar-refractivity contribution in [2.45, 2.75) is 25.8 Å². The summed E-state index contributed by atoms with van der Waals surface area (Å²) in [5, 5.41) is 0.560. The van der Waals surface area contributed by atoms with Gasteiger partial charge in [0, 0.05) is 12.2 Å². The highest BCUT2D eigenvalue weighted by molar-refractivity contribution is 6.34. The molecular formula is C24H23Cl2NO4. The van der Waals surface area contributed by atoms with Crippen molar-refractivity contribution in [3.63, 3.8) is 0 Å². The van der Waals surface area contributed by atoms with Crippen LogP contribution in [0.4, 0.5) is 0 Å². The molecule has 1 heterocycles. The third kappa shape index (κ3) is 5.69. The van der Waals surface area contributed by atoms with Crippen LogP contribution in [0.25, 0.3) is 0 Å². The zero-order valence-corrected chi connectivity index (χ0v) is 18.9. The molecular weight excluding hydrogens is 437 g/mol. The molecule has 0 unspecified atom stereocenters. The summed E-state index contributed by atoms with van der Waals surface area (Å²) >= 11 is 12.6. The van der Waals surface area contributed by atoms with E-state index >= 15 is 0 Å². The quantitative estimate of drug-likeness (QED) is 0.445. The van der Waals surface area contributed by atoms with Crippen LogP contribution in [0.5, 0.6) is 5.75 Å². The number of pyridine rings is 1. The number of ether oxygens (including phenoxy) is 2. The summed E-state index contributed by atoms with van der Waals surface area (Å²) in [4.78, 5) is 24.3. The van der Waals surface area contributed by atoms with Gasteiger partial charge in [-0.3, -0.25) is 4.79 Å². The summed E-state index contributed by atoms with van der Waals surface area (Å²) in [6.07, 6.45) is 1.87. The van der Waals surface area contributed by atoms with Crippen LogP contribution >= 0.6 is 23.2 Å². The van der Waals surface area contributed by atoms with E-state index in [2.05, 4.69) is 0 Å². The van der Waals surface area contributed by atoms with E-state index in [0.717, 1.165) is 22.6 Å². The van der Waals surface area contributed by atoms with E-state index in [1.54, 1.807) is 23.8 Å². The number of carbonyl (C=O) groups excluding carboxylic acids is 1.